The molecule has 0 spiro atoms. The van der Waals surface area contributed by atoms with Gasteiger partial charge in [0.2, 0.25) is 5.91 Å². The van der Waals surface area contributed by atoms with E-state index in [-0.39, 0.29) is 11.8 Å². The lowest BCUT2D eigenvalue weighted by Gasteiger charge is -2.23. The van der Waals surface area contributed by atoms with E-state index in [1.807, 2.05) is 0 Å². The maximum absolute atomic E-state index is 12.3. The summed E-state index contributed by atoms with van der Waals surface area (Å²) in [6.45, 7) is 5.68. The Labute approximate surface area is 177 Å². The fraction of sp³-hybridized carbons (Fsp3) is 0.391. The van der Waals surface area contributed by atoms with Crippen molar-refractivity contribution in [2.24, 2.45) is 0 Å². The van der Waals surface area contributed by atoms with Gasteiger partial charge in [-0.05, 0) is 43.9 Å². The largest absolute Gasteiger partial charge is 0.350 e. The minimum Gasteiger partial charge on any atom is -0.350 e. The van der Waals surface area contributed by atoms with E-state index < -0.39 is 6.04 Å². The average molecular weight is 415 g/mol. The lowest BCUT2D eigenvalue weighted by Crippen LogP contribution is -3.11. The number of piperidine rings is 1. The number of nitrogens with one attached hydrogen (secondary N) is 3. The van der Waals surface area contributed by atoms with Crippen molar-refractivity contribution in [3.8, 4) is 0 Å². The maximum atomic E-state index is 12.3. The summed E-state index contributed by atoms with van der Waals surface area (Å²) < 4.78 is 0. The van der Waals surface area contributed by atoms with Crippen LogP contribution in [0.2, 0.25) is 5.02 Å². The molecule has 5 nitrogen and oxygen atoms in total. The van der Waals surface area contributed by atoms with Crippen molar-refractivity contribution in [3.63, 3.8) is 0 Å². The lowest BCUT2D eigenvalue weighted by atomic mass is 10.1. The van der Waals surface area contributed by atoms with E-state index in [1.54, 1.807) is 36.1 Å². The molecule has 2 aromatic carbocycles. The first-order chi connectivity index (χ1) is 14.0. The molecule has 1 fully saturated rings. The van der Waals surface area contributed by atoms with Gasteiger partial charge < -0.3 is 15.5 Å². The molecule has 3 rings (SSSR count). The molecule has 1 atom stereocenters. The second-order valence-electron chi connectivity index (χ2n) is 7.70. The number of likely N-dealkylation sites (tertiary alicyclic amines) is 1. The van der Waals surface area contributed by atoms with Crippen LogP contribution in [0.15, 0.2) is 48.5 Å². The number of halogens is 1. The number of carbonyl (C=O) groups excluding carboxylic acids is 2. The van der Waals surface area contributed by atoms with Crippen molar-refractivity contribution in [2.75, 3.05) is 13.1 Å². The van der Waals surface area contributed by atoms with Crippen molar-refractivity contribution in [2.45, 2.75) is 45.3 Å². The normalized spacial score (nSPS) is 15.5. The fourth-order valence-electron chi connectivity index (χ4n) is 3.62. The van der Waals surface area contributed by atoms with E-state index >= 15 is 0 Å². The van der Waals surface area contributed by atoms with Gasteiger partial charge in [0, 0.05) is 12.1 Å². The Balaban J connectivity index is 1.45. The highest BCUT2D eigenvalue weighted by molar-refractivity contribution is 6.33. The summed E-state index contributed by atoms with van der Waals surface area (Å²) in [5.41, 5.74) is 2.73. The summed E-state index contributed by atoms with van der Waals surface area (Å²) in [7, 11) is 0. The van der Waals surface area contributed by atoms with E-state index in [0.717, 1.165) is 12.1 Å². The SMILES string of the molecule is C[C@H](NC(=O)c1ccccc1Cl)C(=O)NCc1ccc(C[NH+]2CCCCC2)cc1. The van der Waals surface area contributed by atoms with E-state index in [9.17, 15) is 9.59 Å². The topological polar surface area (TPSA) is 62.6 Å². The highest BCUT2D eigenvalue weighted by atomic mass is 35.5. The fourth-order valence-corrected chi connectivity index (χ4v) is 3.84. The zero-order chi connectivity index (χ0) is 20.6. The maximum Gasteiger partial charge on any atom is 0.253 e. The molecule has 0 saturated carbocycles. The summed E-state index contributed by atoms with van der Waals surface area (Å²) >= 11 is 6.03. The second kappa shape index (κ2) is 10.4. The smallest absolute Gasteiger partial charge is 0.253 e. The van der Waals surface area contributed by atoms with Gasteiger partial charge in [-0.2, -0.15) is 0 Å². The predicted molar refractivity (Wildman–Crippen MR) is 115 cm³/mol. The van der Waals surface area contributed by atoms with Gasteiger partial charge in [-0.25, -0.2) is 0 Å². The number of hydrogen-bond acceptors (Lipinski definition) is 2. The highest BCUT2D eigenvalue weighted by Crippen LogP contribution is 2.14. The standard InChI is InChI=1S/C23H28ClN3O2/c1-17(26-23(29)20-7-3-4-8-21(20)24)22(28)25-15-18-9-11-19(12-10-18)16-27-13-5-2-6-14-27/h3-4,7-12,17H,2,5-6,13-16H2,1H3,(H,25,28)(H,26,29)/p+1/t17-/m0/s1. The Morgan fingerprint density at radius 3 is 2.34 bits per heavy atom. The first kappa shape index (κ1) is 21.3. The molecule has 0 aromatic heterocycles. The van der Waals surface area contributed by atoms with Gasteiger partial charge in [-0.15, -0.1) is 0 Å². The summed E-state index contributed by atoms with van der Waals surface area (Å²) in [6.07, 6.45) is 4.01. The Bertz CT molecular complexity index is 832. The van der Waals surface area contributed by atoms with Crippen LogP contribution in [0.1, 0.15) is 47.7 Å². The zero-order valence-electron chi connectivity index (χ0n) is 16.8. The third-order valence-electron chi connectivity index (χ3n) is 5.36. The Kier molecular flexibility index (Phi) is 7.67. The number of carbonyl (C=O) groups is 2. The third-order valence-corrected chi connectivity index (χ3v) is 5.69. The third kappa shape index (κ3) is 6.31. The van der Waals surface area contributed by atoms with Crippen LogP contribution in [-0.2, 0) is 17.9 Å². The first-order valence-electron chi connectivity index (χ1n) is 10.3. The Hall–Kier alpha value is -2.37. The number of rotatable bonds is 7. The van der Waals surface area contributed by atoms with Gasteiger partial charge in [0.1, 0.15) is 12.6 Å². The molecule has 29 heavy (non-hydrogen) atoms. The molecule has 0 bridgehead atoms. The van der Waals surface area contributed by atoms with Crippen LogP contribution in [0.4, 0.5) is 0 Å². The van der Waals surface area contributed by atoms with Crippen molar-refractivity contribution in [1.82, 2.24) is 10.6 Å². The first-order valence-corrected chi connectivity index (χ1v) is 10.6. The Morgan fingerprint density at radius 2 is 1.66 bits per heavy atom. The molecule has 2 amide bonds. The summed E-state index contributed by atoms with van der Waals surface area (Å²) in [4.78, 5) is 26.3. The molecule has 1 aliphatic rings. The molecule has 0 radical (unpaired) electrons. The van der Waals surface area contributed by atoms with E-state index in [2.05, 4.69) is 34.9 Å². The van der Waals surface area contributed by atoms with Crippen LogP contribution >= 0.6 is 11.6 Å². The molecule has 154 valence electrons. The molecule has 0 aliphatic carbocycles. The minimum absolute atomic E-state index is 0.229. The van der Waals surface area contributed by atoms with Gasteiger partial charge in [-0.3, -0.25) is 9.59 Å². The quantitative estimate of drug-likeness (QED) is 0.651. The van der Waals surface area contributed by atoms with Gasteiger partial charge in [0.15, 0.2) is 0 Å². The van der Waals surface area contributed by atoms with Crippen molar-refractivity contribution in [1.29, 1.82) is 0 Å². The summed E-state index contributed by atoms with van der Waals surface area (Å²) in [6, 6.07) is 14.5. The number of hydrogen-bond donors (Lipinski definition) is 3. The van der Waals surface area contributed by atoms with Gasteiger partial charge in [0.25, 0.3) is 5.91 Å². The molecule has 1 aliphatic heterocycles. The van der Waals surface area contributed by atoms with Crippen LogP contribution in [0.5, 0.6) is 0 Å². The Morgan fingerprint density at radius 1 is 1.00 bits per heavy atom. The summed E-state index contributed by atoms with van der Waals surface area (Å²) in [5, 5.41) is 5.93. The van der Waals surface area contributed by atoms with Gasteiger partial charge in [-0.1, -0.05) is 48.0 Å². The van der Waals surface area contributed by atoms with Crippen LogP contribution in [0.25, 0.3) is 0 Å². The molecular weight excluding hydrogens is 386 g/mol. The monoisotopic (exact) mass is 414 g/mol. The predicted octanol–water partition coefficient (Wildman–Crippen LogP) is 2.34. The van der Waals surface area contributed by atoms with Gasteiger partial charge in [0.05, 0.1) is 23.7 Å². The zero-order valence-corrected chi connectivity index (χ0v) is 17.6. The molecular formula is C23H29ClN3O2+. The molecule has 2 aromatic rings. The molecule has 6 heteroatoms. The second-order valence-corrected chi connectivity index (χ2v) is 8.10. The van der Waals surface area contributed by atoms with Gasteiger partial charge >= 0.3 is 0 Å². The van der Waals surface area contributed by atoms with Crippen LogP contribution in [-0.4, -0.2) is 30.9 Å². The van der Waals surface area contributed by atoms with E-state index in [0.29, 0.717) is 17.1 Å². The number of quaternary nitrogens is 1. The van der Waals surface area contributed by atoms with Crippen LogP contribution in [0.3, 0.4) is 0 Å². The van der Waals surface area contributed by atoms with Crippen molar-refractivity contribution >= 4 is 23.4 Å². The average Bonchev–Trinajstić information content (AvgIpc) is 2.74. The molecule has 0 unspecified atom stereocenters. The van der Waals surface area contributed by atoms with Crippen molar-refractivity contribution < 1.29 is 14.5 Å². The summed E-state index contributed by atoms with van der Waals surface area (Å²) in [5.74, 6) is -0.588. The van der Waals surface area contributed by atoms with Crippen LogP contribution in [0, 0.1) is 0 Å². The van der Waals surface area contributed by atoms with E-state index in [1.165, 1.54) is 37.9 Å². The molecule has 1 heterocycles. The van der Waals surface area contributed by atoms with E-state index in [4.69, 9.17) is 11.6 Å². The highest BCUT2D eigenvalue weighted by Gasteiger charge is 2.18. The lowest BCUT2D eigenvalue weighted by molar-refractivity contribution is -0.918. The number of benzene rings is 2. The van der Waals surface area contributed by atoms with Crippen molar-refractivity contribution in [3.05, 3.63) is 70.2 Å². The number of amides is 2. The van der Waals surface area contributed by atoms with Crippen LogP contribution < -0.4 is 15.5 Å². The molecule has 3 N–H and O–H groups in total. The minimum atomic E-state index is -0.652. The molecule has 1 saturated heterocycles.